The topological polar surface area (TPSA) is 75.3 Å². The van der Waals surface area contributed by atoms with Crippen molar-refractivity contribution in [2.24, 2.45) is 0 Å². The Morgan fingerprint density at radius 2 is 1.74 bits per heavy atom. The highest BCUT2D eigenvalue weighted by atomic mass is 32.2. The smallest absolute Gasteiger partial charge is 0.255 e. The highest BCUT2D eigenvalue weighted by Gasteiger charge is 2.17. The number of amides is 1. The summed E-state index contributed by atoms with van der Waals surface area (Å²) in [5.41, 5.74) is 1.93. The zero-order valence-corrected chi connectivity index (χ0v) is 14.1. The molecule has 0 fully saturated rings. The van der Waals surface area contributed by atoms with Gasteiger partial charge in [0, 0.05) is 17.3 Å². The molecule has 0 aliphatic rings. The Labute approximate surface area is 136 Å². The van der Waals surface area contributed by atoms with Crippen LogP contribution in [0.4, 0.5) is 5.69 Å². The quantitative estimate of drug-likeness (QED) is 0.884. The molecule has 0 spiro atoms. The number of rotatable bonds is 5. The molecule has 0 aliphatic carbocycles. The second-order valence-electron chi connectivity index (χ2n) is 5.57. The van der Waals surface area contributed by atoms with Crippen LogP contribution in [0.25, 0.3) is 0 Å². The summed E-state index contributed by atoms with van der Waals surface area (Å²) in [6.45, 7) is 5.38. The molecule has 2 rings (SSSR count). The summed E-state index contributed by atoms with van der Waals surface area (Å²) in [5, 5.41) is 2.79. The monoisotopic (exact) mass is 332 g/mol. The number of hydrogen-bond donors (Lipinski definition) is 2. The molecular formula is C17H20N2O3S. The molecular weight excluding hydrogens is 312 g/mol. The lowest BCUT2D eigenvalue weighted by molar-refractivity contribution is 0.102. The van der Waals surface area contributed by atoms with Crippen molar-refractivity contribution < 1.29 is 13.2 Å². The van der Waals surface area contributed by atoms with E-state index in [-0.39, 0.29) is 16.8 Å². The predicted molar refractivity (Wildman–Crippen MR) is 91.0 cm³/mol. The predicted octanol–water partition coefficient (Wildman–Crippen LogP) is 2.93. The molecule has 6 heteroatoms. The third-order valence-corrected chi connectivity index (χ3v) is 4.85. The van der Waals surface area contributed by atoms with E-state index in [1.807, 2.05) is 25.1 Å². The van der Waals surface area contributed by atoms with Gasteiger partial charge in [0.15, 0.2) is 0 Å². The fraction of sp³-hybridized carbons (Fsp3) is 0.235. The largest absolute Gasteiger partial charge is 0.322 e. The summed E-state index contributed by atoms with van der Waals surface area (Å²) in [6.07, 6.45) is 0. The Morgan fingerprint density at radius 1 is 1.04 bits per heavy atom. The normalized spacial score (nSPS) is 11.5. The van der Waals surface area contributed by atoms with Crippen molar-refractivity contribution in [1.29, 1.82) is 0 Å². The van der Waals surface area contributed by atoms with E-state index in [1.54, 1.807) is 32.0 Å². The molecule has 5 nitrogen and oxygen atoms in total. The number of nitrogens with one attached hydrogen (secondary N) is 2. The van der Waals surface area contributed by atoms with Crippen LogP contribution in [0.3, 0.4) is 0 Å². The fourth-order valence-electron chi connectivity index (χ4n) is 2.09. The van der Waals surface area contributed by atoms with Gasteiger partial charge < -0.3 is 5.32 Å². The van der Waals surface area contributed by atoms with E-state index in [4.69, 9.17) is 0 Å². The lowest BCUT2D eigenvalue weighted by Crippen LogP contribution is -2.30. The maximum Gasteiger partial charge on any atom is 0.255 e. The molecule has 0 saturated carbocycles. The summed E-state index contributed by atoms with van der Waals surface area (Å²) >= 11 is 0. The molecule has 122 valence electrons. The minimum absolute atomic E-state index is 0.0728. The molecule has 2 N–H and O–H groups in total. The van der Waals surface area contributed by atoms with Crippen LogP contribution in [0.15, 0.2) is 53.4 Å². The fourth-order valence-corrected chi connectivity index (χ4v) is 3.39. The minimum atomic E-state index is -3.63. The van der Waals surface area contributed by atoms with Crippen LogP contribution in [-0.4, -0.2) is 20.4 Å². The van der Waals surface area contributed by atoms with E-state index in [0.29, 0.717) is 11.3 Å². The maximum atomic E-state index is 12.3. The van der Waals surface area contributed by atoms with Crippen LogP contribution in [0.1, 0.15) is 29.8 Å². The summed E-state index contributed by atoms with van der Waals surface area (Å²) in [7, 11) is -3.63. The van der Waals surface area contributed by atoms with Crippen molar-refractivity contribution in [3.8, 4) is 0 Å². The van der Waals surface area contributed by atoms with Gasteiger partial charge in [-0.15, -0.1) is 0 Å². The molecule has 0 aromatic heterocycles. The number of benzene rings is 2. The van der Waals surface area contributed by atoms with E-state index >= 15 is 0 Å². The average molecular weight is 332 g/mol. The van der Waals surface area contributed by atoms with Crippen LogP contribution in [0, 0.1) is 6.92 Å². The van der Waals surface area contributed by atoms with Crippen LogP contribution in [0.5, 0.6) is 0 Å². The first kappa shape index (κ1) is 17.2. The van der Waals surface area contributed by atoms with Gasteiger partial charge in [-0.2, -0.15) is 0 Å². The van der Waals surface area contributed by atoms with E-state index in [9.17, 15) is 13.2 Å². The maximum absolute atomic E-state index is 12.3. The highest BCUT2D eigenvalue weighted by Crippen LogP contribution is 2.17. The molecule has 0 saturated heterocycles. The first-order chi connectivity index (χ1) is 10.8. The van der Waals surface area contributed by atoms with Crippen molar-refractivity contribution in [3.63, 3.8) is 0 Å². The summed E-state index contributed by atoms with van der Waals surface area (Å²) in [5.74, 6) is -0.346. The molecule has 0 atom stereocenters. The molecule has 0 heterocycles. The third-order valence-electron chi connectivity index (χ3n) is 3.19. The molecule has 2 aromatic rings. The van der Waals surface area contributed by atoms with E-state index in [0.717, 1.165) is 5.56 Å². The Balaban J connectivity index is 2.26. The molecule has 0 unspecified atom stereocenters. The molecule has 0 radical (unpaired) electrons. The van der Waals surface area contributed by atoms with Crippen LogP contribution < -0.4 is 10.0 Å². The van der Waals surface area contributed by atoms with Crippen LogP contribution in [0.2, 0.25) is 0 Å². The van der Waals surface area contributed by atoms with Crippen molar-refractivity contribution >= 4 is 21.6 Å². The van der Waals surface area contributed by atoms with Crippen molar-refractivity contribution in [3.05, 3.63) is 59.7 Å². The summed E-state index contributed by atoms with van der Waals surface area (Å²) < 4.78 is 26.9. The number of hydrogen-bond acceptors (Lipinski definition) is 3. The van der Waals surface area contributed by atoms with Crippen LogP contribution >= 0.6 is 0 Å². The summed E-state index contributed by atoms with van der Waals surface area (Å²) in [6, 6.07) is 13.2. The van der Waals surface area contributed by atoms with Gasteiger partial charge in [-0.05, 0) is 50.6 Å². The molecule has 2 aromatic carbocycles. The Hall–Kier alpha value is -2.18. The average Bonchev–Trinajstić information content (AvgIpc) is 2.48. The molecule has 0 bridgehead atoms. The first-order valence-electron chi connectivity index (χ1n) is 7.29. The molecule has 23 heavy (non-hydrogen) atoms. The standard InChI is InChI=1S/C17H20N2O3S/c1-12(2)19-23(21,22)15-9-6-8-14(11-15)17(20)18-16-10-5-4-7-13(16)3/h4-12,19H,1-3H3,(H,18,20). The van der Waals surface area contributed by atoms with Gasteiger partial charge >= 0.3 is 0 Å². The SMILES string of the molecule is Cc1ccccc1NC(=O)c1cccc(S(=O)(=O)NC(C)C)c1. The Kier molecular flexibility index (Phi) is 5.18. The van der Waals surface area contributed by atoms with Crippen molar-refractivity contribution in [1.82, 2.24) is 4.72 Å². The van der Waals surface area contributed by atoms with Crippen molar-refractivity contribution in [2.45, 2.75) is 31.7 Å². The lowest BCUT2D eigenvalue weighted by Gasteiger charge is -2.11. The second kappa shape index (κ2) is 6.93. The zero-order valence-electron chi connectivity index (χ0n) is 13.3. The Morgan fingerprint density at radius 3 is 2.39 bits per heavy atom. The van der Waals surface area contributed by atoms with Gasteiger partial charge in [0.2, 0.25) is 10.0 Å². The lowest BCUT2D eigenvalue weighted by atomic mass is 10.1. The molecule has 0 aliphatic heterocycles. The second-order valence-corrected chi connectivity index (χ2v) is 7.29. The van der Waals surface area contributed by atoms with Crippen LogP contribution in [-0.2, 0) is 10.0 Å². The van der Waals surface area contributed by atoms with Gasteiger partial charge in [0.05, 0.1) is 4.90 Å². The highest BCUT2D eigenvalue weighted by molar-refractivity contribution is 7.89. The van der Waals surface area contributed by atoms with Crippen molar-refractivity contribution in [2.75, 3.05) is 5.32 Å². The zero-order chi connectivity index (χ0) is 17.0. The van der Waals surface area contributed by atoms with E-state index in [1.165, 1.54) is 12.1 Å². The number of carbonyl (C=O) groups excluding carboxylic acids is 1. The molecule has 1 amide bonds. The summed E-state index contributed by atoms with van der Waals surface area (Å²) in [4.78, 5) is 12.4. The van der Waals surface area contributed by atoms with Gasteiger partial charge in [0.25, 0.3) is 5.91 Å². The first-order valence-corrected chi connectivity index (χ1v) is 8.77. The number of para-hydroxylation sites is 1. The van der Waals surface area contributed by atoms with E-state index < -0.39 is 10.0 Å². The minimum Gasteiger partial charge on any atom is -0.322 e. The number of carbonyl (C=O) groups is 1. The number of sulfonamides is 1. The Bertz CT molecular complexity index is 814. The van der Waals surface area contributed by atoms with Gasteiger partial charge in [-0.3, -0.25) is 4.79 Å². The van der Waals surface area contributed by atoms with Gasteiger partial charge in [-0.25, -0.2) is 13.1 Å². The number of aryl methyl sites for hydroxylation is 1. The third kappa shape index (κ3) is 4.40. The number of anilines is 1. The van der Waals surface area contributed by atoms with E-state index in [2.05, 4.69) is 10.0 Å². The van der Waals surface area contributed by atoms with Gasteiger partial charge in [0.1, 0.15) is 0 Å². The van der Waals surface area contributed by atoms with Gasteiger partial charge in [-0.1, -0.05) is 24.3 Å².